The van der Waals surface area contributed by atoms with Crippen molar-refractivity contribution in [2.24, 2.45) is 0 Å². The van der Waals surface area contributed by atoms with Crippen molar-refractivity contribution in [1.82, 2.24) is 9.36 Å². The maximum atomic E-state index is 12.8. The molecular weight excluding hydrogens is 296 g/mol. The molecule has 0 spiro atoms. The SMILES string of the molecule is CC1(O)Cn2c(=O)c3cc4ccccc4cc3c(=O)n2CC1O. The van der Waals surface area contributed by atoms with Crippen LogP contribution in [0.5, 0.6) is 0 Å². The molecule has 6 nitrogen and oxygen atoms in total. The third-order valence-corrected chi connectivity index (χ3v) is 4.64. The average Bonchev–Trinajstić information content (AvgIpc) is 2.53. The van der Waals surface area contributed by atoms with E-state index in [9.17, 15) is 19.8 Å². The molecule has 23 heavy (non-hydrogen) atoms. The zero-order valence-corrected chi connectivity index (χ0v) is 12.6. The molecule has 0 saturated heterocycles. The zero-order valence-electron chi connectivity index (χ0n) is 12.6. The Morgan fingerprint density at radius 1 is 1.04 bits per heavy atom. The van der Waals surface area contributed by atoms with Gasteiger partial charge in [-0.3, -0.25) is 9.59 Å². The van der Waals surface area contributed by atoms with Crippen LogP contribution in [-0.4, -0.2) is 31.3 Å². The number of hydrogen-bond acceptors (Lipinski definition) is 4. The van der Waals surface area contributed by atoms with Crippen LogP contribution < -0.4 is 11.1 Å². The van der Waals surface area contributed by atoms with Crippen LogP contribution in [0.25, 0.3) is 21.5 Å². The number of rotatable bonds is 0. The topological polar surface area (TPSA) is 84.5 Å². The van der Waals surface area contributed by atoms with Crippen molar-refractivity contribution in [3.05, 3.63) is 57.1 Å². The second-order valence-corrected chi connectivity index (χ2v) is 6.37. The Hall–Kier alpha value is -2.44. The molecular formula is C17H16N2O4. The van der Waals surface area contributed by atoms with Crippen molar-refractivity contribution in [2.75, 3.05) is 0 Å². The molecule has 0 aliphatic carbocycles. The van der Waals surface area contributed by atoms with Crippen molar-refractivity contribution < 1.29 is 10.2 Å². The Morgan fingerprint density at radius 3 is 2.13 bits per heavy atom. The summed E-state index contributed by atoms with van der Waals surface area (Å²) < 4.78 is 2.45. The molecule has 2 unspecified atom stereocenters. The second-order valence-electron chi connectivity index (χ2n) is 6.37. The van der Waals surface area contributed by atoms with Crippen LogP contribution in [0.1, 0.15) is 6.92 Å². The number of nitrogens with zero attached hydrogens (tertiary/aromatic N) is 2. The summed E-state index contributed by atoms with van der Waals surface area (Å²) in [4.78, 5) is 25.5. The second kappa shape index (κ2) is 4.53. The smallest absolute Gasteiger partial charge is 0.273 e. The summed E-state index contributed by atoms with van der Waals surface area (Å²) in [6.07, 6.45) is -1.10. The predicted molar refractivity (Wildman–Crippen MR) is 86.6 cm³/mol. The van der Waals surface area contributed by atoms with Crippen LogP contribution in [0, 0.1) is 0 Å². The van der Waals surface area contributed by atoms with E-state index in [0.717, 1.165) is 10.8 Å². The lowest BCUT2D eigenvalue weighted by Gasteiger charge is -2.36. The normalized spacial score (nSPS) is 24.0. The largest absolute Gasteiger partial charge is 0.388 e. The summed E-state index contributed by atoms with van der Waals surface area (Å²) in [6.45, 7) is 1.23. The van der Waals surface area contributed by atoms with E-state index in [-0.39, 0.29) is 24.2 Å². The lowest BCUT2D eigenvalue weighted by molar-refractivity contribution is -0.106. The van der Waals surface area contributed by atoms with E-state index in [1.807, 2.05) is 24.3 Å². The molecule has 3 aromatic rings. The minimum Gasteiger partial charge on any atom is -0.388 e. The highest BCUT2D eigenvalue weighted by Crippen LogP contribution is 2.21. The van der Waals surface area contributed by atoms with Gasteiger partial charge in [-0.15, -0.1) is 0 Å². The highest BCUT2D eigenvalue weighted by molar-refractivity contribution is 5.97. The first-order valence-corrected chi connectivity index (χ1v) is 7.45. The lowest BCUT2D eigenvalue weighted by Crippen LogP contribution is -2.57. The van der Waals surface area contributed by atoms with Crippen molar-refractivity contribution in [2.45, 2.75) is 31.7 Å². The summed E-state index contributed by atoms with van der Waals surface area (Å²) >= 11 is 0. The first-order valence-electron chi connectivity index (χ1n) is 7.45. The molecule has 0 fully saturated rings. The molecule has 0 radical (unpaired) electrons. The molecule has 2 aromatic carbocycles. The van der Waals surface area contributed by atoms with Gasteiger partial charge in [-0.1, -0.05) is 24.3 Å². The Kier molecular flexibility index (Phi) is 2.79. The number of aromatic nitrogens is 2. The first kappa shape index (κ1) is 14.2. The van der Waals surface area contributed by atoms with Gasteiger partial charge in [0.2, 0.25) is 0 Å². The maximum absolute atomic E-state index is 12.8. The number of aliphatic hydroxyl groups excluding tert-OH is 1. The van der Waals surface area contributed by atoms with E-state index in [1.165, 1.54) is 16.3 Å². The molecule has 118 valence electrons. The molecule has 0 bridgehead atoms. The molecule has 6 heteroatoms. The molecule has 1 aliphatic rings. The van der Waals surface area contributed by atoms with Crippen LogP contribution in [0.4, 0.5) is 0 Å². The molecule has 1 aliphatic heterocycles. The van der Waals surface area contributed by atoms with E-state index >= 15 is 0 Å². The number of benzene rings is 2. The van der Waals surface area contributed by atoms with Gasteiger partial charge >= 0.3 is 0 Å². The van der Waals surface area contributed by atoms with Crippen LogP contribution >= 0.6 is 0 Å². The third-order valence-electron chi connectivity index (χ3n) is 4.64. The lowest BCUT2D eigenvalue weighted by atomic mass is 9.97. The molecule has 2 heterocycles. The monoisotopic (exact) mass is 312 g/mol. The molecule has 0 saturated carbocycles. The Morgan fingerprint density at radius 2 is 1.57 bits per heavy atom. The predicted octanol–water partition coefficient (Wildman–Crippen LogP) is 0.442. The molecule has 2 N–H and O–H groups in total. The fourth-order valence-electron chi connectivity index (χ4n) is 3.20. The van der Waals surface area contributed by atoms with E-state index < -0.39 is 11.7 Å². The Balaban J connectivity index is 2.14. The van der Waals surface area contributed by atoms with Crippen LogP contribution in [0.3, 0.4) is 0 Å². The van der Waals surface area contributed by atoms with Gasteiger partial charge in [0.1, 0.15) is 11.7 Å². The van der Waals surface area contributed by atoms with Gasteiger partial charge in [0.15, 0.2) is 0 Å². The summed E-state index contributed by atoms with van der Waals surface area (Å²) in [5.74, 6) is 0. The van der Waals surface area contributed by atoms with Crippen LogP contribution in [0.2, 0.25) is 0 Å². The average molecular weight is 312 g/mol. The van der Waals surface area contributed by atoms with Crippen LogP contribution in [0.15, 0.2) is 46.0 Å². The number of fused-ring (bicyclic) bond motifs is 3. The van der Waals surface area contributed by atoms with Gasteiger partial charge in [0.25, 0.3) is 11.1 Å². The molecule has 0 amide bonds. The van der Waals surface area contributed by atoms with Gasteiger partial charge in [0, 0.05) is 0 Å². The van der Waals surface area contributed by atoms with Crippen LogP contribution in [-0.2, 0) is 13.1 Å². The van der Waals surface area contributed by atoms with E-state index in [1.54, 1.807) is 12.1 Å². The van der Waals surface area contributed by atoms with Crippen molar-refractivity contribution in [1.29, 1.82) is 0 Å². The fourth-order valence-corrected chi connectivity index (χ4v) is 3.20. The third kappa shape index (κ3) is 1.95. The van der Waals surface area contributed by atoms with Gasteiger partial charge < -0.3 is 10.2 Å². The Bertz CT molecular complexity index is 1060. The van der Waals surface area contributed by atoms with Gasteiger partial charge in [0.05, 0.1) is 23.9 Å². The quantitative estimate of drug-likeness (QED) is 0.590. The van der Waals surface area contributed by atoms with Crippen molar-refractivity contribution >= 4 is 21.5 Å². The summed E-state index contributed by atoms with van der Waals surface area (Å²) in [5, 5.41) is 22.7. The van der Waals surface area contributed by atoms with Crippen molar-refractivity contribution in [3.63, 3.8) is 0 Å². The minimum atomic E-state index is -1.44. The van der Waals surface area contributed by atoms with E-state index in [4.69, 9.17) is 0 Å². The first-order chi connectivity index (χ1) is 10.9. The molecule has 1 aromatic heterocycles. The van der Waals surface area contributed by atoms with Gasteiger partial charge in [-0.05, 0) is 29.8 Å². The molecule has 4 rings (SSSR count). The van der Waals surface area contributed by atoms with Gasteiger partial charge in [-0.2, -0.15) is 0 Å². The van der Waals surface area contributed by atoms with Crippen molar-refractivity contribution in [3.8, 4) is 0 Å². The maximum Gasteiger partial charge on any atom is 0.273 e. The number of aliphatic hydroxyl groups is 2. The standard InChI is InChI=1S/C17H16N2O4/c1-17(23)9-19-16(22)13-7-11-5-3-2-4-10(11)6-12(13)15(21)18(19)8-14(17)20/h2-7,14,20,23H,8-9H2,1H3. The highest BCUT2D eigenvalue weighted by atomic mass is 16.3. The summed E-state index contributed by atoms with van der Waals surface area (Å²) in [7, 11) is 0. The number of hydrogen-bond donors (Lipinski definition) is 2. The Labute approximate surface area is 130 Å². The highest BCUT2D eigenvalue weighted by Gasteiger charge is 2.37. The van der Waals surface area contributed by atoms with E-state index in [2.05, 4.69) is 0 Å². The summed E-state index contributed by atoms with van der Waals surface area (Å²) in [5.41, 5.74) is -2.11. The van der Waals surface area contributed by atoms with Gasteiger partial charge in [-0.25, -0.2) is 9.36 Å². The van der Waals surface area contributed by atoms with E-state index in [0.29, 0.717) is 10.8 Å². The fraction of sp³-hybridized carbons (Fsp3) is 0.294. The molecule has 2 atom stereocenters. The minimum absolute atomic E-state index is 0.107. The zero-order chi connectivity index (χ0) is 16.4. The summed E-state index contributed by atoms with van der Waals surface area (Å²) in [6, 6.07) is 10.9.